The number of guanidine groups is 1. The van der Waals surface area contributed by atoms with Crippen LogP contribution in [0.5, 0.6) is 0 Å². The highest BCUT2D eigenvalue weighted by Crippen LogP contribution is 2.30. The normalized spacial score (nSPS) is 11.0. The minimum atomic E-state index is -3.74. The van der Waals surface area contributed by atoms with Crippen LogP contribution in [0.3, 0.4) is 0 Å². The van der Waals surface area contributed by atoms with Crippen LogP contribution in [0.2, 0.25) is 0 Å². The van der Waals surface area contributed by atoms with E-state index in [4.69, 9.17) is 17.2 Å². The fraction of sp³-hybridized carbons (Fsp3) is 0.0769. The molecule has 1 aromatic heterocycles. The monoisotopic (exact) mass is 350 g/mol. The number of nitrogens with two attached hydrogens (primary N) is 3. The molecule has 24 heavy (non-hydrogen) atoms. The van der Waals surface area contributed by atoms with E-state index in [1.807, 2.05) is 0 Å². The summed E-state index contributed by atoms with van der Waals surface area (Å²) in [6, 6.07) is 4.84. The topological polar surface area (TPSA) is 187 Å². The van der Waals surface area contributed by atoms with Gasteiger partial charge >= 0.3 is 0 Å². The van der Waals surface area contributed by atoms with Gasteiger partial charge in [0.05, 0.1) is 16.2 Å². The average molecular weight is 350 g/mol. The molecule has 10 nitrogen and oxygen atoms in total. The fourth-order valence-electron chi connectivity index (χ4n) is 1.96. The highest BCUT2D eigenvalue weighted by atomic mass is 32.2. The summed E-state index contributed by atoms with van der Waals surface area (Å²) in [5.74, 6) is -1.36. The van der Waals surface area contributed by atoms with Crippen LogP contribution >= 0.6 is 0 Å². The summed E-state index contributed by atoms with van der Waals surface area (Å²) in [5.41, 5.74) is 15.7. The molecule has 0 bridgehead atoms. The number of hydrogen-bond donors (Lipinski definition) is 4. The van der Waals surface area contributed by atoms with Crippen LogP contribution < -0.4 is 22.8 Å². The van der Waals surface area contributed by atoms with Gasteiger partial charge in [-0.25, -0.2) is 13.5 Å². The van der Waals surface area contributed by atoms with Gasteiger partial charge in [-0.15, -0.1) is 0 Å². The van der Waals surface area contributed by atoms with E-state index in [9.17, 15) is 18.0 Å². The molecule has 0 fully saturated rings. The van der Waals surface area contributed by atoms with E-state index in [2.05, 4.69) is 15.2 Å². The number of nitrogen functional groups attached to an aromatic ring is 1. The number of hydrogen-bond acceptors (Lipinski definition) is 6. The van der Waals surface area contributed by atoms with Crippen LogP contribution in [0, 0.1) is 0 Å². The van der Waals surface area contributed by atoms with Crippen molar-refractivity contribution in [2.24, 2.45) is 16.5 Å². The Kier molecular flexibility index (Phi) is 4.37. The largest absolute Gasteiger partial charge is 0.398 e. The SMILES string of the molecule is CS(=O)(=O)c1cc(C(=O)N=C(N)N)c(N)cc1-c1ccc(=O)[nH]n1. The van der Waals surface area contributed by atoms with Crippen molar-refractivity contribution in [3.63, 3.8) is 0 Å². The Morgan fingerprint density at radius 1 is 1.25 bits per heavy atom. The molecule has 0 atom stereocenters. The molecule has 0 saturated heterocycles. The zero-order valence-electron chi connectivity index (χ0n) is 12.5. The van der Waals surface area contributed by atoms with Crippen LogP contribution in [0.25, 0.3) is 11.3 Å². The summed E-state index contributed by atoms with van der Waals surface area (Å²) in [7, 11) is -3.74. The molecule has 7 N–H and O–H groups in total. The van der Waals surface area contributed by atoms with E-state index in [0.717, 1.165) is 12.3 Å². The number of benzene rings is 1. The van der Waals surface area contributed by atoms with Crippen molar-refractivity contribution in [2.75, 3.05) is 12.0 Å². The van der Waals surface area contributed by atoms with Gasteiger partial charge in [0, 0.05) is 23.6 Å². The molecular formula is C13H14N6O4S. The number of carbonyl (C=O) groups excluding carboxylic acids is 1. The number of anilines is 1. The second-order valence-electron chi connectivity index (χ2n) is 4.86. The number of amides is 1. The van der Waals surface area contributed by atoms with Gasteiger partial charge in [-0.2, -0.15) is 10.1 Å². The van der Waals surface area contributed by atoms with Crippen LogP contribution in [0.4, 0.5) is 5.69 Å². The lowest BCUT2D eigenvalue weighted by molar-refractivity contribution is 0.100. The minimum Gasteiger partial charge on any atom is -0.398 e. The molecule has 0 saturated carbocycles. The number of carbonyl (C=O) groups is 1. The molecular weight excluding hydrogens is 336 g/mol. The quantitative estimate of drug-likeness (QED) is 0.303. The molecule has 0 aliphatic heterocycles. The van der Waals surface area contributed by atoms with Crippen LogP contribution in [-0.4, -0.2) is 36.7 Å². The first kappa shape index (κ1) is 17.1. The highest BCUT2D eigenvalue weighted by Gasteiger charge is 2.21. The van der Waals surface area contributed by atoms with E-state index in [1.54, 1.807) is 0 Å². The van der Waals surface area contributed by atoms with Gasteiger partial charge in [0.25, 0.3) is 11.5 Å². The number of aromatic amines is 1. The fourth-order valence-corrected chi connectivity index (χ4v) is 2.86. The first-order chi connectivity index (χ1) is 11.1. The third-order valence-corrected chi connectivity index (χ3v) is 4.10. The maximum absolute atomic E-state index is 12.1. The molecule has 2 aromatic rings. The maximum Gasteiger partial charge on any atom is 0.282 e. The maximum atomic E-state index is 12.1. The smallest absolute Gasteiger partial charge is 0.282 e. The van der Waals surface area contributed by atoms with Gasteiger partial charge < -0.3 is 17.2 Å². The molecule has 0 spiro atoms. The second kappa shape index (κ2) is 6.12. The first-order valence-corrected chi connectivity index (χ1v) is 8.32. The predicted octanol–water partition coefficient (Wildman–Crippen LogP) is -1.16. The van der Waals surface area contributed by atoms with Gasteiger partial charge in [-0.3, -0.25) is 9.59 Å². The summed E-state index contributed by atoms with van der Waals surface area (Å²) < 4.78 is 24.1. The molecule has 0 unspecified atom stereocenters. The number of sulfone groups is 1. The standard InChI is InChI=1S/C13H14N6O4S/c1-24(22,23)10-5-6(12(21)17-13(15)16)8(14)4-7(10)9-2-3-11(20)19-18-9/h2-5H,14H2,1H3,(H,19,20)(H4,15,16,17,21). The number of aromatic nitrogens is 2. The highest BCUT2D eigenvalue weighted by molar-refractivity contribution is 7.90. The minimum absolute atomic E-state index is 0.0413. The van der Waals surface area contributed by atoms with Crippen molar-refractivity contribution < 1.29 is 13.2 Å². The summed E-state index contributed by atoms with van der Waals surface area (Å²) in [6.07, 6.45) is 0.961. The lowest BCUT2D eigenvalue weighted by Crippen LogP contribution is -2.24. The van der Waals surface area contributed by atoms with Gasteiger partial charge in [0.2, 0.25) is 0 Å². The second-order valence-corrected chi connectivity index (χ2v) is 6.84. The van der Waals surface area contributed by atoms with Crippen LogP contribution in [0.15, 0.2) is 38.9 Å². The Morgan fingerprint density at radius 3 is 2.42 bits per heavy atom. The van der Waals surface area contributed by atoms with E-state index >= 15 is 0 Å². The summed E-state index contributed by atoms with van der Waals surface area (Å²) >= 11 is 0. The van der Waals surface area contributed by atoms with Gasteiger partial charge in [0.15, 0.2) is 15.8 Å². The van der Waals surface area contributed by atoms with Crippen LogP contribution in [-0.2, 0) is 9.84 Å². The molecule has 2 rings (SSSR count). The molecule has 0 radical (unpaired) electrons. The number of nitrogens with zero attached hydrogens (tertiary/aromatic N) is 2. The number of rotatable bonds is 3. The van der Waals surface area contributed by atoms with E-state index in [0.29, 0.717) is 0 Å². The molecule has 11 heteroatoms. The third kappa shape index (κ3) is 3.57. The third-order valence-electron chi connectivity index (χ3n) is 2.97. The molecule has 0 aliphatic carbocycles. The molecule has 0 aliphatic rings. The van der Waals surface area contributed by atoms with Crippen molar-refractivity contribution in [3.05, 3.63) is 40.2 Å². The van der Waals surface area contributed by atoms with Crippen molar-refractivity contribution in [2.45, 2.75) is 4.90 Å². The molecule has 1 heterocycles. The van der Waals surface area contributed by atoms with Crippen LogP contribution in [0.1, 0.15) is 10.4 Å². The zero-order valence-corrected chi connectivity index (χ0v) is 13.3. The van der Waals surface area contributed by atoms with Crippen molar-refractivity contribution in [3.8, 4) is 11.3 Å². The Morgan fingerprint density at radius 2 is 1.92 bits per heavy atom. The van der Waals surface area contributed by atoms with Gasteiger partial charge in [-0.1, -0.05) is 0 Å². The predicted molar refractivity (Wildman–Crippen MR) is 88.0 cm³/mol. The summed E-state index contributed by atoms with van der Waals surface area (Å²) in [6.45, 7) is 0. The summed E-state index contributed by atoms with van der Waals surface area (Å²) in [4.78, 5) is 26.2. The zero-order chi connectivity index (χ0) is 18.1. The van der Waals surface area contributed by atoms with E-state index < -0.39 is 27.3 Å². The summed E-state index contributed by atoms with van der Waals surface area (Å²) in [5, 5.41) is 5.97. The lowest BCUT2D eigenvalue weighted by atomic mass is 10.1. The van der Waals surface area contributed by atoms with Crippen molar-refractivity contribution in [1.82, 2.24) is 10.2 Å². The van der Waals surface area contributed by atoms with Crippen molar-refractivity contribution >= 4 is 27.4 Å². The van der Waals surface area contributed by atoms with Crippen molar-refractivity contribution in [1.29, 1.82) is 0 Å². The Hall–Kier alpha value is -3.21. The molecule has 1 amide bonds. The van der Waals surface area contributed by atoms with Gasteiger partial charge in [-0.05, 0) is 18.2 Å². The molecule has 126 valence electrons. The van der Waals surface area contributed by atoms with Gasteiger partial charge in [0.1, 0.15) is 0 Å². The average Bonchev–Trinajstić information content (AvgIpc) is 2.45. The van der Waals surface area contributed by atoms with E-state index in [1.165, 1.54) is 18.2 Å². The number of nitrogens with one attached hydrogen (secondary N) is 1. The Bertz CT molecular complexity index is 985. The first-order valence-electron chi connectivity index (χ1n) is 6.43. The Balaban J connectivity index is 2.76. The molecule has 1 aromatic carbocycles. The number of aliphatic imine (C=N–C) groups is 1. The van der Waals surface area contributed by atoms with E-state index in [-0.39, 0.29) is 27.4 Å². The lowest BCUT2D eigenvalue weighted by Gasteiger charge is -2.11. The Labute approximate surface area is 136 Å². The number of H-pyrrole nitrogens is 1.